The number of amides is 1. The Bertz CT molecular complexity index is 323. The minimum Gasteiger partial charge on any atom is -0.368 e. The van der Waals surface area contributed by atoms with Crippen molar-refractivity contribution < 1.29 is 4.79 Å². The van der Waals surface area contributed by atoms with Gasteiger partial charge in [-0.25, -0.2) is 0 Å². The van der Waals surface area contributed by atoms with Crippen LogP contribution in [-0.4, -0.2) is 36.0 Å². The molecule has 0 radical (unpaired) electrons. The van der Waals surface area contributed by atoms with Crippen LogP contribution in [0.3, 0.4) is 0 Å². The molecule has 1 saturated carbocycles. The molecule has 18 heavy (non-hydrogen) atoms. The highest BCUT2D eigenvalue weighted by Gasteiger charge is 2.49. The van der Waals surface area contributed by atoms with Gasteiger partial charge in [0.1, 0.15) is 5.54 Å². The summed E-state index contributed by atoms with van der Waals surface area (Å²) in [5.41, 5.74) is 11.5. The van der Waals surface area contributed by atoms with E-state index in [9.17, 15) is 4.79 Å². The van der Waals surface area contributed by atoms with Gasteiger partial charge in [0, 0.05) is 13.1 Å². The summed E-state index contributed by atoms with van der Waals surface area (Å²) < 4.78 is 0. The highest BCUT2D eigenvalue weighted by atomic mass is 16.1. The average Bonchev–Trinajstić information content (AvgIpc) is 3.13. The Labute approximate surface area is 110 Å². The maximum absolute atomic E-state index is 11.7. The Hall–Kier alpha value is -0.610. The maximum atomic E-state index is 11.7. The molecule has 1 unspecified atom stereocenters. The van der Waals surface area contributed by atoms with Crippen LogP contribution in [-0.2, 0) is 4.79 Å². The van der Waals surface area contributed by atoms with Crippen molar-refractivity contribution in [2.45, 2.75) is 51.5 Å². The Balaban J connectivity index is 2.00. The van der Waals surface area contributed by atoms with Crippen molar-refractivity contribution in [2.24, 2.45) is 22.8 Å². The van der Waals surface area contributed by atoms with E-state index in [2.05, 4.69) is 18.7 Å². The lowest BCUT2D eigenvalue weighted by Gasteiger charge is -2.32. The van der Waals surface area contributed by atoms with E-state index in [0.717, 1.165) is 25.9 Å². The van der Waals surface area contributed by atoms with E-state index in [0.29, 0.717) is 17.9 Å². The van der Waals surface area contributed by atoms with Gasteiger partial charge in [-0.2, -0.15) is 0 Å². The van der Waals surface area contributed by atoms with Gasteiger partial charge in [0.15, 0.2) is 0 Å². The molecule has 4 nitrogen and oxygen atoms in total. The lowest BCUT2D eigenvalue weighted by atomic mass is 9.82. The van der Waals surface area contributed by atoms with E-state index in [1.54, 1.807) is 0 Å². The standard InChI is InChI=1S/C14H27N3O/c1-3-13(4-2)7-8-17(9-13)10-14(16,12(15)18)11-5-6-11/h11H,3-10,16H2,1-2H3,(H2,15,18). The van der Waals surface area contributed by atoms with Crippen molar-refractivity contribution in [3.63, 3.8) is 0 Å². The van der Waals surface area contributed by atoms with E-state index in [1.807, 2.05) is 0 Å². The third kappa shape index (κ3) is 2.41. The number of nitrogens with zero attached hydrogens (tertiary/aromatic N) is 1. The van der Waals surface area contributed by atoms with Crippen LogP contribution in [0.5, 0.6) is 0 Å². The monoisotopic (exact) mass is 253 g/mol. The van der Waals surface area contributed by atoms with Gasteiger partial charge in [-0.1, -0.05) is 13.8 Å². The summed E-state index contributed by atoms with van der Waals surface area (Å²) in [6, 6.07) is 0. The van der Waals surface area contributed by atoms with E-state index >= 15 is 0 Å². The first-order valence-corrected chi connectivity index (χ1v) is 7.27. The van der Waals surface area contributed by atoms with Crippen molar-refractivity contribution in [3.8, 4) is 0 Å². The highest BCUT2D eigenvalue weighted by Crippen LogP contribution is 2.41. The SMILES string of the molecule is CCC1(CC)CCN(CC(N)(C(N)=O)C2CC2)C1. The van der Waals surface area contributed by atoms with Crippen LogP contribution in [0.1, 0.15) is 46.0 Å². The molecule has 1 aliphatic heterocycles. The molecule has 0 bridgehead atoms. The molecule has 4 N–H and O–H groups in total. The second kappa shape index (κ2) is 4.82. The predicted molar refractivity (Wildman–Crippen MR) is 72.9 cm³/mol. The summed E-state index contributed by atoms with van der Waals surface area (Å²) in [5.74, 6) is -0.0104. The van der Waals surface area contributed by atoms with Gasteiger partial charge < -0.3 is 16.4 Å². The van der Waals surface area contributed by atoms with Crippen molar-refractivity contribution >= 4 is 5.91 Å². The average molecular weight is 253 g/mol. The summed E-state index contributed by atoms with van der Waals surface area (Å²) in [7, 11) is 0. The van der Waals surface area contributed by atoms with Crippen LogP contribution >= 0.6 is 0 Å². The lowest BCUT2D eigenvalue weighted by Crippen LogP contribution is -2.60. The van der Waals surface area contributed by atoms with Gasteiger partial charge in [-0.05, 0) is 50.0 Å². The molecule has 0 aromatic heterocycles. The highest BCUT2D eigenvalue weighted by molar-refractivity contribution is 5.85. The molecule has 1 heterocycles. The number of primary amides is 1. The van der Waals surface area contributed by atoms with Gasteiger partial charge in [0.05, 0.1) is 0 Å². The number of hydrogen-bond donors (Lipinski definition) is 2. The quantitative estimate of drug-likeness (QED) is 0.744. The van der Waals surface area contributed by atoms with E-state index in [1.165, 1.54) is 19.3 Å². The fraction of sp³-hybridized carbons (Fsp3) is 0.929. The fourth-order valence-corrected chi connectivity index (χ4v) is 3.37. The maximum Gasteiger partial charge on any atom is 0.239 e. The normalized spacial score (nSPS) is 27.1. The lowest BCUT2D eigenvalue weighted by molar-refractivity contribution is -0.124. The third-order valence-electron chi connectivity index (χ3n) is 5.27. The Morgan fingerprint density at radius 1 is 1.39 bits per heavy atom. The molecular formula is C14H27N3O. The molecule has 1 amide bonds. The van der Waals surface area contributed by atoms with Gasteiger partial charge in [-0.15, -0.1) is 0 Å². The summed E-state index contributed by atoms with van der Waals surface area (Å²) in [4.78, 5) is 14.0. The molecule has 2 rings (SSSR count). The summed E-state index contributed by atoms with van der Waals surface area (Å²) in [6.07, 6.45) is 5.74. The smallest absolute Gasteiger partial charge is 0.239 e. The van der Waals surface area contributed by atoms with Crippen molar-refractivity contribution in [3.05, 3.63) is 0 Å². The van der Waals surface area contributed by atoms with Gasteiger partial charge in [0.25, 0.3) is 0 Å². The number of carbonyl (C=O) groups excluding carboxylic acids is 1. The van der Waals surface area contributed by atoms with Crippen LogP contribution in [0.4, 0.5) is 0 Å². The first kappa shape index (κ1) is 13.8. The zero-order chi connectivity index (χ0) is 13.4. The van der Waals surface area contributed by atoms with Crippen molar-refractivity contribution in [1.82, 2.24) is 4.90 Å². The zero-order valence-electron chi connectivity index (χ0n) is 11.7. The minimum absolute atomic E-state index is 0.313. The second-order valence-electron chi connectivity index (χ2n) is 6.35. The number of hydrogen-bond acceptors (Lipinski definition) is 3. The number of carbonyl (C=O) groups is 1. The predicted octanol–water partition coefficient (Wildman–Crippen LogP) is 1.09. The first-order chi connectivity index (χ1) is 8.46. The van der Waals surface area contributed by atoms with Crippen LogP contribution in [0.25, 0.3) is 0 Å². The third-order valence-corrected chi connectivity index (χ3v) is 5.27. The molecule has 4 heteroatoms. The number of nitrogens with two attached hydrogens (primary N) is 2. The first-order valence-electron chi connectivity index (χ1n) is 7.27. The Morgan fingerprint density at radius 2 is 2.00 bits per heavy atom. The van der Waals surface area contributed by atoms with Crippen LogP contribution in [0.2, 0.25) is 0 Å². The largest absolute Gasteiger partial charge is 0.368 e. The van der Waals surface area contributed by atoms with E-state index < -0.39 is 5.54 Å². The minimum atomic E-state index is -0.794. The number of likely N-dealkylation sites (tertiary alicyclic amines) is 1. The van der Waals surface area contributed by atoms with Crippen molar-refractivity contribution in [2.75, 3.05) is 19.6 Å². The Kier molecular flexibility index (Phi) is 3.70. The van der Waals surface area contributed by atoms with Crippen LogP contribution in [0.15, 0.2) is 0 Å². The molecule has 1 saturated heterocycles. The molecule has 0 spiro atoms. The van der Waals surface area contributed by atoms with Gasteiger partial charge >= 0.3 is 0 Å². The molecule has 0 aromatic carbocycles. The van der Waals surface area contributed by atoms with E-state index in [-0.39, 0.29) is 5.91 Å². The van der Waals surface area contributed by atoms with E-state index in [4.69, 9.17) is 11.5 Å². The second-order valence-corrected chi connectivity index (χ2v) is 6.35. The Morgan fingerprint density at radius 3 is 2.39 bits per heavy atom. The summed E-state index contributed by atoms with van der Waals surface area (Å²) in [6.45, 7) is 7.30. The molecule has 0 aromatic rings. The summed E-state index contributed by atoms with van der Waals surface area (Å²) in [5, 5.41) is 0. The van der Waals surface area contributed by atoms with Crippen LogP contribution in [0, 0.1) is 11.3 Å². The molecule has 1 aliphatic carbocycles. The molecular weight excluding hydrogens is 226 g/mol. The molecule has 2 fully saturated rings. The molecule has 1 atom stereocenters. The zero-order valence-corrected chi connectivity index (χ0v) is 11.7. The topological polar surface area (TPSA) is 72.3 Å². The molecule has 104 valence electrons. The summed E-state index contributed by atoms with van der Waals surface area (Å²) >= 11 is 0. The van der Waals surface area contributed by atoms with Gasteiger partial charge in [0.2, 0.25) is 5.91 Å². The van der Waals surface area contributed by atoms with Gasteiger partial charge in [-0.3, -0.25) is 4.79 Å². The number of rotatable bonds is 6. The van der Waals surface area contributed by atoms with Crippen molar-refractivity contribution in [1.29, 1.82) is 0 Å². The van der Waals surface area contributed by atoms with Crippen LogP contribution < -0.4 is 11.5 Å². The fourth-order valence-electron chi connectivity index (χ4n) is 3.37. The molecule has 2 aliphatic rings.